The molecule has 0 aliphatic carbocycles. The number of hydrogen-bond acceptors (Lipinski definition) is 4. The fourth-order valence-electron chi connectivity index (χ4n) is 3.06. The summed E-state index contributed by atoms with van der Waals surface area (Å²) in [6.45, 7) is 1.52. The van der Waals surface area contributed by atoms with Crippen LogP contribution >= 0.6 is 15.9 Å². The largest absolute Gasteiger partial charge is 0.493 e. The molecular formula is C19H19BrN2O3. The molecule has 1 aliphatic rings. The maximum atomic E-state index is 12.2. The van der Waals surface area contributed by atoms with E-state index in [9.17, 15) is 4.79 Å². The van der Waals surface area contributed by atoms with Crippen molar-refractivity contribution in [3.05, 3.63) is 58.1 Å². The van der Waals surface area contributed by atoms with Gasteiger partial charge < -0.3 is 9.47 Å². The molecule has 5 nitrogen and oxygen atoms in total. The van der Waals surface area contributed by atoms with Crippen LogP contribution in [0.4, 0.5) is 0 Å². The number of ether oxygens (including phenoxy) is 2. The van der Waals surface area contributed by atoms with Gasteiger partial charge >= 0.3 is 0 Å². The zero-order valence-electron chi connectivity index (χ0n) is 14.3. The molecular weight excluding hydrogens is 384 g/mol. The van der Waals surface area contributed by atoms with E-state index in [1.54, 1.807) is 14.2 Å². The van der Waals surface area contributed by atoms with E-state index in [1.807, 2.05) is 42.5 Å². The van der Waals surface area contributed by atoms with Crippen LogP contribution in [0, 0.1) is 0 Å². The summed E-state index contributed by atoms with van der Waals surface area (Å²) in [7, 11) is 3.20. The van der Waals surface area contributed by atoms with Crippen molar-refractivity contribution >= 4 is 27.5 Å². The van der Waals surface area contributed by atoms with E-state index in [-0.39, 0.29) is 11.9 Å². The van der Waals surface area contributed by atoms with Gasteiger partial charge in [0.15, 0.2) is 11.5 Å². The molecule has 0 aromatic heterocycles. The van der Waals surface area contributed by atoms with Crippen molar-refractivity contribution in [2.75, 3.05) is 14.2 Å². The van der Waals surface area contributed by atoms with E-state index >= 15 is 0 Å². The second-order valence-corrected chi connectivity index (χ2v) is 6.64. The van der Waals surface area contributed by atoms with Gasteiger partial charge in [0, 0.05) is 23.4 Å². The van der Waals surface area contributed by atoms with Gasteiger partial charge in [0.25, 0.3) is 0 Å². The highest BCUT2D eigenvalue weighted by Crippen LogP contribution is 2.41. The minimum atomic E-state index is -0.225. The molecule has 0 N–H and O–H groups in total. The standard InChI is InChI=1S/C19H19BrN2O3/c1-12(23)22-17(15-8-5-9-18(24-2)19(15)25-3)11-16(21-22)13-6-4-7-14(20)10-13/h4-10,17H,11H2,1-3H3. The summed E-state index contributed by atoms with van der Waals surface area (Å²) in [4.78, 5) is 12.2. The third-order valence-corrected chi connectivity index (χ3v) is 4.68. The molecule has 0 fully saturated rings. The van der Waals surface area contributed by atoms with Crippen molar-refractivity contribution in [2.45, 2.75) is 19.4 Å². The third-order valence-electron chi connectivity index (χ3n) is 4.18. The highest BCUT2D eigenvalue weighted by molar-refractivity contribution is 9.10. The maximum Gasteiger partial charge on any atom is 0.240 e. The molecule has 0 bridgehead atoms. The van der Waals surface area contributed by atoms with E-state index in [0.29, 0.717) is 17.9 Å². The number of hydrazone groups is 1. The van der Waals surface area contributed by atoms with Gasteiger partial charge in [0.1, 0.15) is 0 Å². The van der Waals surface area contributed by atoms with Crippen molar-refractivity contribution in [1.29, 1.82) is 0 Å². The molecule has 0 spiro atoms. The number of methoxy groups -OCH3 is 2. The SMILES string of the molecule is COc1cccc(C2CC(c3cccc(Br)c3)=NN2C(C)=O)c1OC. The first-order chi connectivity index (χ1) is 12.0. The minimum Gasteiger partial charge on any atom is -0.493 e. The molecule has 1 aliphatic heterocycles. The van der Waals surface area contributed by atoms with Gasteiger partial charge in [-0.05, 0) is 23.8 Å². The Kier molecular flexibility index (Phi) is 5.08. The molecule has 1 amide bonds. The lowest BCUT2D eigenvalue weighted by atomic mass is 9.97. The van der Waals surface area contributed by atoms with Gasteiger partial charge in [-0.2, -0.15) is 5.10 Å². The first-order valence-electron chi connectivity index (χ1n) is 7.89. The monoisotopic (exact) mass is 402 g/mol. The maximum absolute atomic E-state index is 12.2. The second-order valence-electron chi connectivity index (χ2n) is 5.72. The van der Waals surface area contributed by atoms with Gasteiger partial charge in [0.05, 0.1) is 26.0 Å². The highest BCUT2D eigenvalue weighted by Gasteiger charge is 2.34. The molecule has 0 saturated heterocycles. The van der Waals surface area contributed by atoms with Gasteiger partial charge in [-0.15, -0.1) is 0 Å². The van der Waals surface area contributed by atoms with Gasteiger partial charge in [-0.3, -0.25) is 4.79 Å². The summed E-state index contributed by atoms with van der Waals surface area (Å²) in [5, 5.41) is 6.09. The van der Waals surface area contributed by atoms with Crippen molar-refractivity contribution in [3.8, 4) is 11.5 Å². The van der Waals surface area contributed by atoms with Crippen LogP contribution in [0.5, 0.6) is 11.5 Å². The topological polar surface area (TPSA) is 51.1 Å². The third kappa shape index (κ3) is 3.39. The fourth-order valence-corrected chi connectivity index (χ4v) is 3.46. The molecule has 2 aromatic rings. The summed E-state index contributed by atoms with van der Waals surface area (Å²) < 4.78 is 11.9. The quantitative estimate of drug-likeness (QED) is 0.770. The molecule has 6 heteroatoms. The van der Waals surface area contributed by atoms with E-state index in [1.165, 1.54) is 11.9 Å². The molecule has 1 unspecified atom stereocenters. The Morgan fingerprint density at radius 1 is 1.20 bits per heavy atom. The van der Waals surface area contributed by atoms with Crippen LogP contribution in [0.1, 0.15) is 30.5 Å². The second kappa shape index (κ2) is 7.27. The van der Waals surface area contributed by atoms with Crippen LogP contribution in [0.15, 0.2) is 52.0 Å². The Bertz CT molecular complexity index is 835. The Balaban J connectivity index is 2.02. The van der Waals surface area contributed by atoms with Crippen molar-refractivity contribution in [2.24, 2.45) is 5.10 Å². The van der Waals surface area contributed by atoms with Crippen LogP contribution in [-0.2, 0) is 4.79 Å². The van der Waals surface area contributed by atoms with Crippen molar-refractivity contribution < 1.29 is 14.3 Å². The number of halogens is 1. The normalized spacial score (nSPS) is 16.6. The number of rotatable bonds is 4. The van der Waals surface area contributed by atoms with Crippen molar-refractivity contribution in [1.82, 2.24) is 5.01 Å². The fraction of sp³-hybridized carbons (Fsp3) is 0.263. The summed E-state index contributed by atoms with van der Waals surface area (Å²) in [5.41, 5.74) is 2.74. The summed E-state index contributed by atoms with van der Waals surface area (Å²) in [5.74, 6) is 1.16. The smallest absolute Gasteiger partial charge is 0.240 e. The number of benzene rings is 2. The Labute approximate surface area is 155 Å². The molecule has 0 saturated carbocycles. The number of hydrogen-bond donors (Lipinski definition) is 0. The first-order valence-corrected chi connectivity index (χ1v) is 8.68. The zero-order valence-corrected chi connectivity index (χ0v) is 15.9. The lowest BCUT2D eigenvalue weighted by molar-refractivity contribution is -0.130. The zero-order chi connectivity index (χ0) is 18.0. The van der Waals surface area contributed by atoms with E-state index < -0.39 is 0 Å². The molecule has 3 rings (SSSR count). The molecule has 25 heavy (non-hydrogen) atoms. The van der Waals surface area contributed by atoms with E-state index in [4.69, 9.17) is 9.47 Å². The van der Waals surface area contributed by atoms with Gasteiger partial charge in [-0.25, -0.2) is 5.01 Å². The predicted molar refractivity (Wildman–Crippen MR) is 100 cm³/mol. The summed E-state index contributed by atoms with van der Waals surface area (Å²) in [6.07, 6.45) is 0.611. The number of carbonyl (C=O) groups is 1. The van der Waals surface area contributed by atoms with Crippen molar-refractivity contribution in [3.63, 3.8) is 0 Å². The molecule has 1 atom stereocenters. The Morgan fingerprint density at radius 2 is 1.96 bits per heavy atom. The van der Waals surface area contributed by atoms with Crippen LogP contribution in [0.2, 0.25) is 0 Å². The molecule has 130 valence electrons. The van der Waals surface area contributed by atoms with Crippen LogP contribution in [-0.4, -0.2) is 30.8 Å². The Morgan fingerprint density at radius 3 is 2.60 bits per heavy atom. The average Bonchev–Trinajstić information content (AvgIpc) is 3.06. The summed E-state index contributed by atoms with van der Waals surface area (Å²) in [6, 6.07) is 13.4. The highest BCUT2D eigenvalue weighted by atomic mass is 79.9. The van der Waals surface area contributed by atoms with E-state index in [0.717, 1.165) is 21.3 Å². The Hall–Kier alpha value is -2.34. The number of amides is 1. The lowest BCUT2D eigenvalue weighted by Crippen LogP contribution is -2.24. The van der Waals surface area contributed by atoms with Crippen LogP contribution in [0.25, 0.3) is 0 Å². The molecule has 2 aromatic carbocycles. The molecule has 1 heterocycles. The molecule has 0 radical (unpaired) electrons. The van der Waals surface area contributed by atoms with Gasteiger partial charge in [-0.1, -0.05) is 40.2 Å². The van der Waals surface area contributed by atoms with Crippen LogP contribution < -0.4 is 9.47 Å². The summed E-state index contributed by atoms with van der Waals surface area (Å²) >= 11 is 3.48. The van der Waals surface area contributed by atoms with Crippen LogP contribution in [0.3, 0.4) is 0 Å². The number of para-hydroxylation sites is 1. The predicted octanol–water partition coefficient (Wildman–Crippen LogP) is 4.16. The first kappa shape index (κ1) is 17.5. The van der Waals surface area contributed by atoms with Gasteiger partial charge in [0.2, 0.25) is 5.91 Å². The number of nitrogens with zero attached hydrogens (tertiary/aromatic N) is 2. The van der Waals surface area contributed by atoms with E-state index in [2.05, 4.69) is 21.0 Å². The number of carbonyl (C=O) groups excluding carboxylic acids is 1. The minimum absolute atomic E-state index is 0.111. The average molecular weight is 403 g/mol. The lowest BCUT2D eigenvalue weighted by Gasteiger charge is -2.23.